The maximum Gasteiger partial charge on any atom is 0.254 e. The molecule has 1 aliphatic rings. The largest absolute Gasteiger partial charge is 0.338 e. The Bertz CT molecular complexity index is 1000. The van der Waals surface area contributed by atoms with E-state index in [4.69, 9.17) is 0 Å². The number of hydrogen-bond donors (Lipinski definition) is 1. The first kappa shape index (κ1) is 19.3. The summed E-state index contributed by atoms with van der Waals surface area (Å²) in [5.41, 5.74) is 3.16. The van der Waals surface area contributed by atoms with Gasteiger partial charge in [-0.1, -0.05) is 24.3 Å². The molecule has 6 heteroatoms. The van der Waals surface area contributed by atoms with Crippen LogP contribution in [0.3, 0.4) is 0 Å². The lowest BCUT2D eigenvalue weighted by molar-refractivity contribution is -0.121. The van der Waals surface area contributed by atoms with Crippen molar-refractivity contribution in [2.24, 2.45) is 5.92 Å². The van der Waals surface area contributed by atoms with Crippen LogP contribution < -0.4 is 5.32 Å². The van der Waals surface area contributed by atoms with Crippen LogP contribution in [0, 0.1) is 11.7 Å². The van der Waals surface area contributed by atoms with Gasteiger partial charge in [0.25, 0.3) is 5.91 Å². The van der Waals surface area contributed by atoms with E-state index in [1.54, 1.807) is 17.0 Å². The summed E-state index contributed by atoms with van der Waals surface area (Å²) >= 11 is 1.49. The normalized spacial score (nSPS) is 16.4. The Morgan fingerprint density at radius 2 is 1.90 bits per heavy atom. The van der Waals surface area contributed by atoms with Crippen molar-refractivity contribution in [3.63, 3.8) is 0 Å². The SMILES string of the molecule is O=C(Nc1cccc(-c2ccc(F)cc2)c1)[C@@H]1CCCN(C(=O)c2ccsc2)C1. The highest BCUT2D eigenvalue weighted by molar-refractivity contribution is 7.08. The van der Waals surface area contributed by atoms with Gasteiger partial charge in [-0.15, -0.1) is 0 Å². The van der Waals surface area contributed by atoms with E-state index >= 15 is 0 Å². The second kappa shape index (κ2) is 8.57. The van der Waals surface area contributed by atoms with E-state index < -0.39 is 0 Å². The monoisotopic (exact) mass is 408 g/mol. The van der Waals surface area contributed by atoms with E-state index in [1.807, 2.05) is 41.1 Å². The molecule has 148 valence electrons. The molecule has 0 bridgehead atoms. The molecule has 4 nitrogen and oxygen atoms in total. The van der Waals surface area contributed by atoms with Crippen molar-refractivity contribution >= 4 is 28.8 Å². The second-order valence-corrected chi connectivity index (χ2v) is 7.96. The summed E-state index contributed by atoms with van der Waals surface area (Å²) in [6.07, 6.45) is 1.57. The topological polar surface area (TPSA) is 49.4 Å². The van der Waals surface area contributed by atoms with Gasteiger partial charge in [0.1, 0.15) is 5.82 Å². The number of carbonyl (C=O) groups excluding carboxylic acids is 2. The average Bonchev–Trinajstić information content (AvgIpc) is 3.29. The van der Waals surface area contributed by atoms with Crippen LogP contribution in [0.1, 0.15) is 23.2 Å². The Labute approximate surface area is 173 Å². The van der Waals surface area contributed by atoms with Crippen molar-refractivity contribution in [2.75, 3.05) is 18.4 Å². The van der Waals surface area contributed by atoms with Crippen LogP contribution in [0.2, 0.25) is 0 Å². The molecule has 0 spiro atoms. The fourth-order valence-electron chi connectivity index (χ4n) is 3.61. The number of carbonyl (C=O) groups is 2. The van der Waals surface area contributed by atoms with E-state index in [0.717, 1.165) is 24.0 Å². The van der Waals surface area contributed by atoms with Crippen LogP contribution in [-0.4, -0.2) is 29.8 Å². The van der Waals surface area contributed by atoms with Gasteiger partial charge < -0.3 is 10.2 Å². The maximum atomic E-state index is 13.2. The van der Waals surface area contributed by atoms with Crippen molar-refractivity contribution in [2.45, 2.75) is 12.8 Å². The Balaban J connectivity index is 1.43. The summed E-state index contributed by atoms with van der Waals surface area (Å²) in [4.78, 5) is 27.2. The summed E-state index contributed by atoms with van der Waals surface area (Å²) < 4.78 is 13.2. The summed E-state index contributed by atoms with van der Waals surface area (Å²) in [7, 11) is 0. The van der Waals surface area contributed by atoms with Gasteiger partial charge in [0, 0.05) is 24.2 Å². The summed E-state index contributed by atoms with van der Waals surface area (Å²) in [5.74, 6) is -0.607. The van der Waals surface area contributed by atoms with Gasteiger partial charge in [-0.25, -0.2) is 4.39 Å². The van der Waals surface area contributed by atoms with Gasteiger partial charge in [-0.2, -0.15) is 11.3 Å². The van der Waals surface area contributed by atoms with Crippen molar-refractivity contribution in [3.05, 3.63) is 76.7 Å². The standard InChI is InChI=1S/C23H21FN2O2S/c24-20-8-6-16(7-9-20)17-3-1-5-21(13-17)25-22(27)18-4-2-11-26(14-18)23(28)19-10-12-29-15-19/h1,3,5-10,12-13,15,18H,2,4,11,14H2,(H,25,27)/t18-/m1/s1. The lowest BCUT2D eigenvalue weighted by Gasteiger charge is -2.32. The van der Waals surface area contributed by atoms with Crippen molar-refractivity contribution in [1.29, 1.82) is 0 Å². The van der Waals surface area contributed by atoms with Gasteiger partial charge in [-0.05, 0) is 59.7 Å². The van der Waals surface area contributed by atoms with Crippen LogP contribution in [0.5, 0.6) is 0 Å². The minimum Gasteiger partial charge on any atom is -0.338 e. The number of rotatable bonds is 4. The Hall–Kier alpha value is -2.99. The third kappa shape index (κ3) is 4.54. The number of thiophene rings is 1. The van der Waals surface area contributed by atoms with Crippen LogP contribution >= 0.6 is 11.3 Å². The van der Waals surface area contributed by atoms with E-state index in [9.17, 15) is 14.0 Å². The molecular formula is C23H21FN2O2S. The molecule has 0 saturated carbocycles. The third-order valence-corrected chi connectivity index (χ3v) is 5.84. The van der Waals surface area contributed by atoms with E-state index in [0.29, 0.717) is 24.3 Å². The highest BCUT2D eigenvalue weighted by Crippen LogP contribution is 2.25. The van der Waals surface area contributed by atoms with Crippen LogP contribution in [0.25, 0.3) is 11.1 Å². The second-order valence-electron chi connectivity index (χ2n) is 7.18. The number of amides is 2. The first-order valence-electron chi connectivity index (χ1n) is 9.58. The number of anilines is 1. The molecule has 1 atom stereocenters. The van der Waals surface area contributed by atoms with E-state index in [-0.39, 0.29) is 23.5 Å². The summed E-state index contributed by atoms with van der Waals surface area (Å²) in [6, 6.07) is 15.6. The van der Waals surface area contributed by atoms with Gasteiger partial charge >= 0.3 is 0 Å². The zero-order valence-corrected chi connectivity index (χ0v) is 16.6. The smallest absolute Gasteiger partial charge is 0.254 e. The Morgan fingerprint density at radius 3 is 2.66 bits per heavy atom. The highest BCUT2D eigenvalue weighted by atomic mass is 32.1. The molecule has 0 radical (unpaired) electrons. The average molecular weight is 408 g/mol. The molecule has 3 aromatic rings. The number of nitrogens with zero attached hydrogens (tertiary/aromatic N) is 1. The molecule has 1 saturated heterocycles. The molecule has 0 aliphatic carbocycles. The molecule has 2 amide bonds. The lowest BCUT2D eigenvalue weighted by Crippen LogP contribution is -2.43. The first-order chi connectivity index (χ1) is 14.1. The molecular weight excluding hydrogens is 387 g/mol. The lowest BCUT2D eigenvalue weighted by atomic mass is 9.96. The molecule has 4 rings (SSSR count). The molecule has 1 aromatic heterocycles. The molecule has 1 aliphatic heterocycles. The molecule has 2 heterocycles. The number of halogens is 1. The van der Waals surface area contributed by atoms with Crippen LogP contribution in [0.4, 0.5) is 10.1 Å². The quantitative estimate of drug-likeness (QED) is 0.657. The number of likely N-dealkylation sites (tertiary alicyclic amines) is 1. The maximum absolute atomic E-state index is 13.2. The van der Waals surface area contributed by atoms with E-state index in [2.05, 4.69) is 5.32 Å². The molecule has 29 heavy (non-hydrogen) atoms. The minimum atomic E-state index is -0.281. The van der Waals surface area contributed by atoms with Crippen molar-refractivity contribution < 1.29 is 14.0 Å². The van der Waals surface area contributed by atoms with Crippen molar-refractivity contribution in [1.82, 2.24) is 4.90 Å². The summed E-state index contributed by atoms with van der Waals surface area (Å²) in [5, 5.41) is 6.70. The number of benzene rings is 2. The predicted molar refractivity (Wildman–Crippen MR) is 113 cm³/mol. The van der Waals surface area contributed by atoms with Gasteiger partial charge in [0.15, 0.2) is 0 Å². The number of hydrogen-bond acceptors (Lipinski definition) is 3. The van der Waals surface area contributed by atoms with Gasteiger partial charge in [0.2, 0.25) is 5.91 Å². The number of piperidine rings is 1. The Morgan fingerprint density at radius 1 is 1.07 bits per heavy atom. The van der Waals surface area contributed by atoms with Gasteiger partial charge in [0.05, 0.1) is 11.5 Å². The highest BCUT2D eigenvalue weighted by Gasteiger charge is 2.29. The third-order valence-electron chi connectivity index (χ3n) is 5.16. The fraction of sp³-hybridized carbons (Fsp3) is 0.217. The number of nitrogens with one attached hydrogen (secondary N) is 1. The minimum absolute atomic E-state index is 0.0120. The first-order valence-corrected chi connectivity index (χ1v) is 10.5. The zero-order chi connectivity index (χ0) is 20.2. The molecule has 2 aromatic carbocycles. The van der Waals surface area contributed by atoms with Gasteiger partial charge in [-0.3, -0.25) is 9.59 Å². The molecule has 1 fully saturated rings. The van der Waals surface area contributed by atoms with Crippen molar-refractivity contribution in [3.8, 4) is 11.1 Å². The predicted octanol–water partition coefficient (Wildman–Crippen LogP) is 5.05. The fourth-order valence-corrected chi connectivity index (χ4v) is 4.24. The Kier molecular flexibility index (Phi) is 5.71. The van der Waals surface area contributed by atoms with Crippen LogP contribution in [0.15, 0.2) is 65.4 Å². The zero-order valence-electron chi connectivity index (χ0n) is 15.8. The molecule has 1 N–H and O–H groups in total. The summed E-state index contributed by atoms with van der Waals surface area (Å²) in [6.45, 7) is 1.11. The van der Waals surface area contributed by atoms with E-state index in [1.165, 1.54) is 23.5 Å². The van der Waals surface area contributed by atoms with Crippen LogP contribution in [-0.2, 0) is 4.79 Å². The molecule has 0 unspecified atom stereocenters.